The van der Waals surface area contributed by atoms with E-state index >= 15 is 0 Å². The molecule has 0 aliphatic rings. The van der Waals surface area contributed by atoms with Crippen molar-refractivity contribution in [2.24, 2.45) is 0 Å². The van der Waals surface area contributed by atoms with E-state index in [2.05, 4.69) is 15.6 Å². The molecular weight excluding hydrogens is 285 g/mol. The van der Waals surface area contributed by atoms with Gasteiger partial charge in [0.25, 0.3) is 0 Å². The number of aromatic nitrogens is 1. The number of hydrogen-bond donors (Lipinski definition) is 3. The summed E-state index contributed by atoms with van der Waals surface area (Å²) in [7, 11) is 0. The molecule has 0 bridgehead atoms. The largest absolute Gasteiger partial charge is 0.478 e. The number of carboxylic acid groups (broad SMARTS) is 1. The summed E-state index contributed by atoms with van der Waals surface area (Å²) in [5, 5.41) is 15.6. The highest BCUT2D eigenvalue weighted by atomic mass is 32.1. The van der Waals surface area contributed by atoms with Gasteiger partial charge in [-0.05, 0) is 19.1 Å². The van der Waals surface area contributed by atoms with Crippen molar-refractivity contribution < 1.29 is 19.1 Å². The molecule has 1 heterocycles. The Balaban J connectivity index is 2.17. The smallest absolute Gasteiger partial charge is 0.337 e. The Morgan fingerprint density at radius 1 is 1.35 bits per heavy atom. The van der Waals surface area contributed by atoms with Crippen molar-refractivity contribution >= 4 is 34.2 Å². The maximum absolute atomic E-state index is 13.6. The summed E-state index contributed by atoms with van der Waals surface area (Å²) in [5.41, 5.74) is 0.0312. The van der Waals surface area contributed by atoms with E-state index in [1.54, 1.807) is 12.3 Å². The highest BCUT2D eigenvalue weighted by Gasteiger charge is 2.16. The van der Waals surface area contributed by atoms with Gasteiger partial charge in [0.15, 0.2) is 5.13 Å². The Labute approximate surface area is 117 Å². The van der Waals surface area contributed by atoms with Crippen LogP contribution in [0.3, 0.4) is 0 Å². The molecule has 0 unspecified atom stereocenters. The number of carbonyl (C=O) groups excluding carboxylic acids is 1. The first-order valence-electron chi connectivity index (χ1n) is 5.49. The second kappa shape index (κ2) is 5.66. The molecule has 104 valence electrons. The summed E-state index contributed by atoms with van der Waals surface area (Å²) in [5.74, 6) is -2.15. The van der Waals surface area contributed by atoms with Crippen LogP contribution in [0.2, 0.25) is 0 Å². The SMILES string of the molecule is Cc1csc(NC(=O)Nc2c(F)cccc2C(=O)O)n1. The Morgan fingerprint density at radius 2 is 2.10 bits per heavy atom. The molecule has 2 aromatic rings. The van der Waals surface area contributed by atoms with Gasteiger partial charge in [-0.2, -0.15) is 0 Å². The fourth-order valence-electron chi connectivity index (χ4n) is 1.48. The van der Waals surface area contributed by atoms with Gasteiger partial charge in [-0.3, -0.25) is 5.32 Å². The maximum atomic E-state index is 13.6. The van der Waals surface area contributed by atoms with Crippen molar-refractivity contribution in [3.63, 3.8) is 0 Å². The third kappa shape index (κ3) is 3.09. The number of benzene rings is 1. The van der Waals surface area contributed by atoms with E-state index in [1.165, 1.54) is 23.5 Å². The van der Waals surface area contributed by atoms with E-state index in [-0.39, 0.29) is 11.3 Å². The molecule has 0 fully saturated rings. The first kappa shape index (κ1) is 13.9. The van der Waals surface area contributed by atoms with E-state index in [4.69, 9.17) is 5.11 Å². The van der Waals surface area contributed by atoms with E-state index < -0.39 is 17.8 Å². The quantitative estimate of drug-likeness (QED) is 0.812. The molecule has 0 atom stereocenters. The molecule has 0 aliphatic heterocycles. The molecule has 6 nitrogen and oxygen atoms in total. The average molecular weight is 295 g/mol. The molecule has 1 aromatic carbocycles. The van der Waals surface area contributed by atoms with Crippen molar-refractivity contribution in [1.82, 2.24) is 4.98 Å². The van der Waals surface area contributed by atoms with Crippen LogP contribution in [0, 0.1) is 12.7 Å². The minimum atomic E-state index is -1.33. The van der Waals surface area contributed by atoms with Crippen LogP contribution in [-0.4, -0.2) is 22.1 Å². The number of para-hydroxylation sites is 1. The van der Waals surface area contributed by atoms with Crippen LogP contribution in [-0.2, 0) is 0 Å². The van der Waals surface area contributed by atoms with Gasteiger partial charge in [-0.15, -0.1) is 11.3 Å². The van der Waals surface area contributed by atoms with Gasteiger partial charge in [0.1, 0.15) is 5.82 Å². The highest BCUT2D eigenvalue weighted by molar-refractivity contribution is 7.13. The number of halogens is 1. The maximum Gasteiger partial charge on any atom is 0.337 e. The second-order valence-electron chi connectivity index (χ2n) is 3.84. The van der Waals surface area contributed by atoms with Crippen molar-refractivity contribution in [1.29, 1.82) is 0 Å². The van der Waals surface area contributed by atoms with Crippen LogP contribution in [0.1, 0.15) is 16.1 Å². The molecule has 0 radical (unpaired) electrons. The zero-order valence-electron chi connectivity index (χ0n) is 10.3. The molecule has 2 amide bonds. The number of nitrogens with zero attached hydrogens (tertiary/aromatic N) is 1. The van der Waals surface area contributed by atoms with Crippen LogP contribution in [0.15, 0.2) is 23.6 Å². The van der Waals surface area contributed by atoms with Gasteiger partial charge < -0.3 is 10.4 Å². The second-order valence-corrected chi connectivity index (χ2v) is 4.70. The predicted molar refractivity (Wildman–Crippen MR) is 72.9 cm³/mol. The fourth-order valence-corrected chi connectivity index (χ4v) is 2.17. The lowest BCUT2D eigenvalue weighted by Gasteiger charge is -2.09. The molecule has 0 saturated heterocycles. The van der Waals surface area contributed by atoms with E-state index in [9.17, 15) is 14.0 Å². The van der Waals surface area contributed by atoms with Crippen molar-refractivity contribution in [3.8, 4) is 0 Å². The van der Waals surface area contributed by atoms with Crippen LogP contribution in [0.5, 0.6) is 0 Å². The molecular formula is C12H10FN3O3S. The third-order valence-electron chi connectivity index (χ3n) is 2.32. The number of nitrogens with one attached hydrogen (secondary N) is 2. The highest BCUT2D eigenvalue weighted by Crippen LogP contribution is 2.21. The number of hydrogen-bond acceptors (Lipinski definition) is 4. The minimum Gasteiger partial charge on any atom is -0.478 e. The first-order valence-corrected chi connectivity index (χ1v) is 6.37. The Morgan fingerprint density at radius 3 is 2.70 bits per heavy atom. The van der Waals surface area contributed by atoms with Gasteiger partial charge >= 0.3 is 12.0 Å². The average Bonchev–Trinajstić information content (AvgIpc) is 2.77. The molecule has 2 rings (SSSR count). The lowest BCUT2D eigenvalue weighted by Crippen LogP contribution is -2.21. The van der Waals surface area contributed by atoms with Gasteiger partial charge in [-0.25, -0.2) is 19.0 Å². The summed E-state index contributed by atoms with van der Waals surface area (Å²) in [6.07, 6.45) is 0. The van der Waals surface area contributed by atoms with Crippen LogP contribution >= 0.6 is 11.3 Å². The zero-order valence-corrected chi connectivity index (χ0v) is 11.1. The Hall–Kier alpha value is -2.48. The predicted octanol–water partition coefficient (Wildman–Crippen LogP) is 2.93. The lowest BCUT2D eigenvalue weighted by molar-refractivity contribution is 0.0697. The molecule has 3 N–H and O–H groups in total. The van der Waals surface area contributed by atoms with Gasteiger partial charge in [-0.1, -0.05) is 6.07 Å². The minimum absolute atomic E-state index is 0.324. The number of carbonyl (C=O) groups is 2. The third-order valence-corrected chi connectivity index (χ3v) is 3.20. The van der Waals surface area contributed by atoms with Crippen molar-refractivity contribution in [2.45, 2.75) is 6.92 Å². The lowest BCUT2D eigenvalue weighted by atomic mass is 10.1. The van der Waals surface area contributed by atoms with Gasteiger partial charge in [0.05, 0.1) is 16.9 Å². The molecule has 0 spiro atoms. The number of anilines is 2. The first-order chi connectivity index (χ1) is 9.47. The van der Waals surface area contributed by atoms with Crippen LogP contribution in [0.4, 0.5) is 20.0 Å². The number of thiazole rings is 1. The summed E-state index contributed by atoms with van der Waals surface area (Å²) in [4.78, 5) is 26.7. The van der Waals surface area contributed by atoms with E-state index in [0.717, 1.165) is 11.8 Å². The van der Waals surface area contributed by atoms with E-state index in [1.807, 2.05) is 0 Å². The molecule has 0 saturated carbocycles. The topological polar surface area (TPSA) is 91.3 Å². The molecule has 0 aliphatic carbocycles. The monoisotopic (exact) mass is 295 g/mol. The van der Waals surface area contributed by atoms with E-state index in [0.29, 0.717) is 5.13 Å². The zero-order chi connectivity index (χ0) is 14.7. The van der Waals surface area contributed by atoms with Gasteiger partial charge in [0, 0.05) is 5.38 Å². The van der Waals surface area contributed by atoms with Crippen molar-refractivity contribution in [3.05, 3.63) is 40.7 Å². The number of carboxylic acids is 1. The standard InChI is InChI=1S/C12H10FN3O3S/c1-6-5-20-12(14-6)16-11(19)15-9-7(10(17)18)3-2-4-8(9)13/h2-5H,1H3,(H,17,18)(H2,14,15,16,19). The Kier molecular flexibility index (Phi) is 3.94. The summed E-state index contributed by atoms with van der Waals surface area (Å²) < 4.78 is 13.6. The Bertz CT molecular complexity index is 672. The number of rotatable bonds is 3. The number of aromatic carboxylic acids is 1. The molecule has 8 heteroatoms. The molecule has 20 heavy (non-hydrogen) atoms. The molecule has 1 aromatic heterocycles. The van der Waals surface area contributed by atoms with Crippen molar-refractivity contribution in [2.75, 3.05) is 10.6 Å². The normalized spacial score (nSPS) is 10.1. The van der Waals surface area contributed by atoms with Crippen LogP contribution < -0.4 is 10.6 Å². The van der Waals surface area contributed by atoms with Crippen LogP contribution in [0.25, 0.3) is 0 Å². The van der Waals surface area contributed by atoms with Gasteiger partial charge in [0.2, 0.25) is 0 Å². The number of amides is 2. The summed E-state index contributed by atoms with van der Waals surface area (Å²) in [6, 6.07) is 2.77. The fraction of sp³-hybridized carbons (Fsp3) is 0.0833. The summed E-state index contributed by atoms with van der Waals surface area (Å²) in [6.45, 7) is 1.76. The number of aryl methyl sites for hydroxylation is 1. The number of urea groups is 1. The summed E-state index contributed by atoms with van der Waals surface area (Å²) >= 11 is 1.21.